The first-order chi connectivity index (χ1) is 9.08. The summed E-state index contributed by atoms with van der Waals surface area (Å²) in [6, 6.07) is 8.13. The van der Waals surface area contributed by atoms with Crippen LogP contribution in [0, 0.1) is 0 Å². The van der Waals surface area contributed by atoms with E-state index in [0.29, 0.717) is 11.3 Å². The van der Waals surface area contributed by atoms with Crippen molar-refractivity contribution in [2.24, 2.45) is 5.10 Å². The molecule has 1 heterocycles. The van der Waals surface area contributed by atoms with Crippen LogP contribution in [-0.4, -0.2) is 16.7 Å². The minimum Gasteiger partial charge on any atom is -0.507 e. The summed E-state index contributed by atoms with van der Waals surface area (Å²) >= 11 is 3.31. The van der Waals surface area contributed by atoms with Crippen LogP contribution in [0.1, 0.15) is 23.0 Å². The van der Waals surface area contributed by atoms with Crippen LogP contribution >= 0.6 is 15.9 Å². The average Bonchev–Trinajstić information content (AvgIpc) is 2.92. The van der Waals surface area contributed by atoms with Gasteiger partial charge in [-0.05, 0) is 37.3 Å². The van der Waals surface area contributed by atoms with Crippen LogP contribution in [0.15, 0.2) is 50.6 Å². The number of phenols is 1. The predicted molar refractivity (Wildman–Crippen MR) is 74.2 cm³/mol. The zero-order valence-electron chi connectivity index (χ0n) is 10.1. The Kier molecular flexibility index (Phi) is 4.01. The van der Waals surface area contributed by atoms with Crippen LogP contribution in [0.3, 0.4) is 0 Å². The minimum atomic E-state index is -0.446. The van der Waals surface area contributed by atoms with E-state index in [-0.39, 0.29) is 11.5 Å². The first-order valence-electron chi connectivity index (χ1n) is 5.45. The Morgan fingerprint density at radius 2 is 2.21 bits per heavy atom. The average molecular weight is 323 g/mol. The van der Waals surface area contributed by atoms with E-state index in [9.17, 15) is 9.90 Å². The maximum absolute atomic E-state index is 11.6. The van der Waals surface area contributed by atoms with Crippen LogP contribution in [0.25, 0.3) is 0 Å². The standard InChI is InChI=1S/C13H11BrN2O3/c1-8(10-7-9(14)4-5-11(10)17)15-16-13(18)12-3-2-6-19-12/h2-7,17H,1H3,(H,16,18)/b15-8+. The largest absolute Gasteiger partial charge is 0.507 e. The van der Waals surface area contributed by atoms with Crippen molar-refractivity contribution in [1.82, 2.24) is 5.43 Å². The smallest absolute Gasteiger partial charge is 0.307 e. The lowest BCUT2D eigenvalue weighted by molar-refractivity contribution is 0.0927. The van der Waals surface area contributed by atoms with Gasteiger partial charge in [0.25, 0.3) is 0 Å². The molecule has 2 N–H and O–H groups in total. The Morgan fingerprint density at radius 1 is 1.42 bits per heavy atom. The van der Waals surface area contributed by atoms with E-state index in [1.165, 1.54) is 12.3 Å². The number of carbonyl (C=O) groups is 1. The van der Waals surface area contributed by atoms with Crippen LogP contribution in [-0.2, 0) is 0 Å². The summed E-state index contributed by atoms with van der Waals surface area (Å²) in [5.74, 6) is -0.175. The lowest BCUT2D eigenvalue weighted by Crippen LogP contribution is -2.18. The number of rotatable bonds is 3. The summed E-state index contributed by atoms with van der Waals surface area (Å²) in [5.41, 5.74) is 3.38. The first kappa shape index (κ1) is 13.4. The Labute approximate surface area is 118 Å². The molecule has 98 valence electrons. The van der Waals surface area contributed by atoms with Crippen molar-refractivity contribution in [3.05, 3.63) is 52.4 Å². The summed E-state index contributed by atoms with van der Waals surface area (Å²) in [5, 5.41) is 13.7. The number of carbonyl (C=O) groups excluding carboxylic acids is 1. The number of hydrazone groups is 1. The molecule has 0 unspecified atom stereocenters. The van der Waals surface area contributed by atoms with E-state index in [4.69, 9.17) is 4.42 Å². The number of amides is 1. The lowest BCUT2D eigenvalue weighted by atomic mass is 10.1. The van der Waals surface area contributed by atoms with Gasteiger partial charge in [-0.25, -0.2) is 5.43 Å². The summed E-state index contributed by atoms with van der Waals surface area (Å²) in [6.45, 7) is 1.68. The van der Waals surface area contributed by atoms with Gasteiger partial charge in [0.05, 0.1) is 12.0 Å². The van der Waals surface area contributed by atoms with Crippen molar-refractivity contribution in [3.63, 3.8) is 0 Å². The fraction of sp³-hybridized carbons (Fsp3) is 0.0769. The van der Waals surface area contributed by atoms with Crippen molar-refractivity contribution in [3.8, 4) is 5.75 Å². The Morgan fingerprint density at radius 3 is 2.89 bits per heavy atom. The van der Waals surface area contributed by atoms with Gasteiger partial charge < -0.3 is 9.52 Å². The number of hydrogen-bond donors (Lipinski definition) is 2. The van der Waals surface area contributed by atoms with Crippen molar-refractivity contribution >= 4 is 27.5 Å². The van der Waals surface area contributed by atoms with E-state index < -0.39 is 5.91 Å². The predicted octanol–water partition coefficient (Wildman–Crippen LogP) is 2.90. The van der Waals surface area contributed by atoms with Gasteiger partial charge in [0.2, 0.25) is 0 Å². The molecule has 1 aromatic carbocycles. The second-order valence-corrected chi connectivity index (χ2v) is 4.69. The SMILES string of the molecule is C/C(=N\NC(=O)c1ccco1)c1cc(Br)ccc1O. The number of benzene rings is 1. The van der Waals surface area contributed by atoms with E-state index >= 15 is 0 Å². The zero-order chi connectivity index (χ0) is 13.8. The van der Waals surface area contributed by atoms with Crippen LogP contribution in [0.5, 0.6) is 5.75 Å². The molecule has 0 aliphatic heterocycles. The van der Waals surface area contributed by atoms with Gasteiger partial charge in [0.1, 0.15) is 5.75 Å². The van der Waals surface area contributed by atoms with Crippen molar-refractivity contribution in [1.29, 1.82) is 0 Å². The molecular weight excluding hydrogens is 312 g/mol. The lowest BCUT2D eigenvalue weighted by Gasteiger charge is -2.05. The Balaban J connectivity index is 2.15. The molecule has 5 nitrogen and oxygen atoms in total. The topological polar surface area (TPSA) is 74.8 Å². The van der Waals surface area contributed by atoms with E-state index in [0.717, 1.165) is 4.47 Å². The molecule has 0 bridgehead atoms. The quantitative estimate of drug-likeness (QED) is 0.674. The highest BCUT2D eigenvalue weighted by atomic mass is 79.9. The second-order valence-electron chi connectivity index (χ2n) is 3.78. The molecule has 0 fully saturated rings. The highest BCUT2D eigenvalue weighted by Gasteiger charge is 2.09. The van der Waals surface area contributed by atoms with Gasteiger partial charge >= 0.3 is 5.91 Å². The third kappa shape index (κ3) is 3.23. The van der Waals surface area contributed by atoms with Gasteiger partial charge in [-0.15, -0.1) is 0 Å². The fourth-order valence-corrected chi connectivity index (χ4v) is 1.82. The van der Waals surface area contributed by atoms with Gasteiger partial charge in [-0.1, -0.05) is 15.9 Å². The van der Waals surface area contributed by atoms with E-state index in [1.807, 2.05) is 0 Å². The van der Waals surface area contributed by atoms with Crippen molar-refractivity contribution < 1.29 is 14.3 Å². The van der Waals surface area contributed by atoms with Gasteiger partial charge in [-0.3, -0.25) is 4.79 Å². The normalized spacial score (nSPS) is 11.4. The molecule has 0 spiro atoms. The molecule has 0 atom stereocenters. The number of halogens is 1. The molecular formula is C13H11BrN2O3. The molecule has 1 amide bonds. The maximum Gasteiger partial charge on any atom is 0.307 e. The Bertz CT molecular complexity index is 621. The minimum absolute atomic E-state index is 0.0942. The summed E-state index contributed by atoms with van der Waals surface area (Å²) in [4.78, 5) is 11.6. The molecule has 1 aromatic heterocycles. The third-order valence-electron chi connectivity index (χ3n) is 2.42. The van der Waals surface area contributed by atoms with Gasteiger partial charge in [0, 0.05) is 10.0 Å². The second kappa shape index (κ2) is 5.71. The highest BCUT2D eigenvalue weighted by molar-refractivity contribution is 9.10. The number of phenolic OH excluding ortho intramolecular Hbond substituents is 1. The number of nitrogens with zero attached hydrogens (tertiary/aromatic N) is 1. The molecule has 0 saturated carbocycles. The summed E-state index contributed by atoms with van der Waals surface area (Å²) < 4.78 is 5.75. The van der Waals surface area contributed by atoms with Crippen LogP contribution in [0.4, 0.5) is 0 Å². The van der Waals surface area contributed by atoms with Crippen molar-refractivity contribution in [2.45, 2.75) is 6.92 Å². The molecule has 0 radical (unpaired) electrons. The van der Waals surface area contributed by atoms with E-state index in [1.54, 1.807) is 31.2 Å². The maximum atomic E-state index is 11.6. The first-order valence-corrected chi connectivity index (χ1v) is 6.24. The summed E-state index contributed by atoms with van der Waals surface area (Å²) in [7, 11) is 0. The molecule has 0 aliphatic rings. The molecule has 6 heteroatoms. The Hall–Kier alpha value is -2.08. The van der Waals surface area contributed by atoms with E-state index in [2.05, 4.69) is 26.5 Å². The number of furan rings is 1. The zero-order valence-corrected chi connectivity index (χ0v) is 11.6. The van der Waals surface area contributed by atoms with Crippen LogP contribution < -0.4 is 5.43 Å². The molecule has 2 rings (SSSR count). The molecule has 2 aromatic rings. The molecule has 0 saturated heterocycles. The number of hydrogen-bond acceptors (Lipinski definition) is 4. The third-order valence-corrected chi connectivity index (χ3v) is 2.91. The number of aromatic hydroxyl groups is 1. The van der Waals surface area contributed by atoms with Crippen molar-refractivity contribution in [2.75, 3.05) is 0 Å². The van der Waals surface area contributed by atoms with Gasteiger partial charge in [0.15, 0.2) is 5.76 Å². The van der Waals surface area contributed by atoms with Crippen LogP contribution in [0.2, 0.25) is 0 Å². The summed E-state index contributed by atoms with van der Waals surface area (Å²) in [6.07, 6.45) is 1.41. The monoisotopic (exact) mass is 322 g/mol. The molecule has 0 aliphatic carbocycles. The molecule has 19 heavy (non-hydrogen) atoms. The number of nitrogens with one attached hydrogen (secondary N) is 1. The highest BCUT2D eigenvalue weighted by Crippen LogP contribution is 2.22. The fourth-order valence-electron chi connectivity index (χ4n) is 1.46. The van der Waals surface area contributed by atoms with Gasteiger partial charge in [-0.2, -0.15) is 5.10 Å².